The van der Waals surface area contributed by atoms with E-state index in [1.807, 2.05) is 0 Å². The predicted molar refractivity (Wildman–Crippen MR) is 62.8 cm³/mol. The van der Waals surface area contributed by atoms with Crippen LogP contribution in [0.15, 0.2) is 24.3 Å². The first-order valence-electron chi connectivity index (χ1n) is 5.58. The molecular formula is C12H11NO6. The number of nitro benzene ring substituents is 1. The Morgan fingerprint density at radius 2 is 1.74 bits per heavy atom. The third-order valence-electron chi connectivity index (χ3n) is 3.58. The number of aliphatic carboxylic acids is 2. The van der Waals surface area contributed by atoms with E-state index in [0.29, 0.717) is 5.56 Å². The van der Waals surface area contributed by atoms with E-state index < -0.39 is 28.2 Å². The van der Waals surface area contributed by atoms with Crippen LogP contribution in [0.2, 0.25) is 0 Å². The van der Waals surface area contributed by atoms with Gasteiger partial charge in [-0.2, -0.15) is 0 Å². The molecule has 1 saturated carbocycles. The van der Waals surface area contributed by atoms with Gasteiger partial charge in [0.05, 0.1) is 16.3 Å². The van der Waals surface area contributed by atoms with Crippen molar-refractivity contribution in [3.05, 3.63) is 39.9 Å². The summed E-state index contributed by atoms with van der Waals surface area (Å²) in [5, 5.41) is 28.6. The lowest BCUT2D eigenvalue weighted by Gasteiger charge is -2.42. The molecule has 1 aliphatic carbocycles. The highest BCUT2D eigenvalue weighted by Crippen LogP contribution is 2.48. The van der Waals surface area contributed by atoms with Crippen molar-refractivity contribution >= 4 is 17.6 Å². The van der Waals surface area contributed by atoms with Gasteiger partial charge < -0.3 is 10.2 Å². The van der Waals surface area contributed by atoms with Gasteiger partial charge in [-0.3, -0.25) is 19.7 Å². The molecule has 7 heteroatoms. The fraction of sp³-hybridized carbons (Fsp3) is 0.333. The molecule has 0 amide bonds. The minimum atomic E-state index is -1.24. The fourth-order valence-corrected chi connectivity index (χ4v) is 2.39. The largest absolute Gasteiger partial charge is 0.481 e. The molecule has 100 valence electrons. The predicted octanol–water partition coefficient (Wildman–Crippen LogP) is 1.41. The van der Waals surface area contributed by atoms with Crippen molar-refractivity contribution in [2.75, 3.05) is 0 Å². The van der Waals surface area contributed by atoms with E-state index in [9.17, 15) is 24.8 Å². The molecule has 0 aromatic heterocycles. The first-order valence-corrected chi connectivity index (χ1v) is 5.58. The molecule has 0 atom stereocenters. The number of nitrogens with zero attached hydrogens (tertiary/aromatic N) is 1. The lowest BCUT2D eigenvalue weighted by molar-refractivity contribution is -0.384. The van der Waals surface area contributed by atoms with Crippen molar-refractivity contribution in [1.29, 1.82) is 0 Å². The Bertz CT molecular complexity index is 544. The molecule has 0 bridgehead atoms. The number of carbonyl (C=O) groups is 2. The van der Waals surface area contributed by atoms with Crippen LogP contribution in [-0.2, 0) is 15.0 Å². The molecule has 0 spiro atoms. The number of carboxylic acids is 2. The Balaban J connectivity index is 2.29. The second-order valence-electron chi connectivity index (χ2n) is 4.63. The molecule has 0 heterocycles. The fourth-order valence-electron chi connectivity index (χ4n) is 2.39. The van der Waals surface area contributed by atoms with E-state index >= 15 is 0 Å². The number of carboxylic acid groups (broad SMARTS) is 2. The molecule has 2 N–H and O–H groups in total. The van der Waals surface area contributed by atoms with E-state index in [1.165, 1.54) is 24.3 Å². The SMILES string of the molecule is O=C(O)[C@H]1C[C@](C(=O)O)(c2ccc([N+](=O)[O-])cc2)C1. The minimum absolute atomic E-state index is 0.00940. The maximum absolute atomic E-state index is 11.4. The monoisotopic (exact) mass is 265 g/mol. The van der Waals surface area contributed by atoms with E-state index in [2.05, 4.69) is 0 Å². The van der Waals surface area contributed by atoms with Crippen molar-refractivity contribution in [2.24, 2.45) is 5.92 Å². The Labute approximate surface area is 107 Å². The zero-order valence-corrected chi connectivity index (χ0v) is 9.78. The van der Waals surface area contributed by atoms with Crippen LogP contribution in [0.1, 0.15) is 18.4 Å². The summed E-state index contributed by atoms with van der Waals surface area (Å²) in [6, 6.07) is 5.22. The average Bonchev–Trinajstić information content (AvgIpc) is 2.27. The van der Waals surface area contributed by atoms with Crippen LogP contribution in [0.4, 0.5) is 5.69 Å². The van der Waals surface area contributed by atoms with Crippen LogP contribution < -0.4 is 0 Å². The van der Waals surface area contributed by atoms with Gasteiger partial charge in [-0.1, -0.05) is 12.1 Å². The first kappa shape index (κ1) is 13.0. The van der Waals surface area contributed by atoms with Gasteiger partial charge in [0, 0.05) is 12.1 Å². The number of hydrogen-bond donors (Lipinski definition) is 2. The smallest absolute Gasteiger partial charge is 0.314 e. The van der Waals surface area contributed by atoms with Crippen molar-refractivity contribution < 1.29 is 24.7 Å². The van der Waals surface area contributed by atoms with Crippen LogP contribution >= 0.6 is 0 Å². The molecule has 19 heavy (non-hydrogen) atoms. The van der Waals surface area contributed by atoms with Crippen LogP contribution in [0.25, 0.3) is 0 Å². The van der Waals surface area contributed by atoms with E-state index in [-0.39, 0.29) is 18.5 Å². The maximum Gasteiger partial charge on any atom is 0.314 e. The van der Waals surface area contributed by atoms with Gasteiger partial charge in [-0.05, 0) is 18.4 Å². The molecule has 0 aliphatic heterocycles. The quantitative estimate of drug-likeness (QED) is 0.627. The van der Waals surface area contributed by atoms with Crippen LogP contribution in [0.3, 0.4) is 0 Å². The van der Waals surface area contributed by atoms with Crippen molar-refractivity contribution in [2.45, 2.75) is 18.3 Å². The molecule has 7 nitrogen and oxygen atoms in total. The zero-order valence-electron chi connectivity index (χ0n) is 9.78. The Kier molecular flexibility index (Phi) is 2.97. The average molecular weight is 265 g/mol. The normalized spacial score (nSPS) is 25.4. The van der Waals surface area contributed by atoms with E-state index in [0.717, 1.165) is 0 Å². The van der Waals surface area contributed by atoms with Crippen molar-refractivity contribution in [1.82, 2.24) is 0 Å². The Morgan fingerprint density at radius 3 is 2.11 bits per heavy atom. The molecule has 0 radical (unpaired) electrons. The van der Waals surface area contributed by atoms with Crippen LogP contribution in [-0.4, -0.2) is 27.1 Å². The first-order chi connectivity index (χ1) is 8.86. The molecule has 0 saturated heterocycles. The number of benzene rings is 1. The summed E-state index contributed by atoms with van der Waals surface area (Å²) >= 11 is 0. The lowest BCUT2D eigenvalue weighted by atomic mass is 9.58. The van der Waals surface area contributed by atoms with Gasteiger partial charge in [0.25, 0.3) is 5.69 Å². The summed E-state index contributed by atoms with van der Waals surface area (Å²) < 4.78 is 0. The second kappa shape index (κ2) is 4.34. The summed E-state index contributed by atoms with van der Waals surface area (Å²) in [6.07, 6.45) is 0.0188. The summed E-state index contributed by atoms with van der Waals surface area (Å²) in [7, 11) is 0. The maximum atomic E-state index is 11.4. The lowest BCUT2D eigenvalue weighted by Crippen LogP contribution is -2.50. The van der Waals surface area contributed by atoms with Crippen LogP contribution in [0, 0.1) is 16.0 Å². The van der Waals surface area contributed by atoms with E-state index in [4.69, 9.17) is 5.11 Å². The van der Waals surface area contributed by atoms with Gasteiger partial charge in [0.2, 0.25) is 0 Å². The zero-order chi connectivity index (χ0) is 14.2. The van der Waals surface area contributed by atoms with Gasteiger partial charge in [-0.15, -0.1) is 0 Å². The Hall–Kier alpha value is -2.44. The highest BCUT2D eigenvalue weighted by molar-refractivity contribution is 5.86. The molecular weight excluding hydrogens is 254 g/mol. The standard InChI is InChI=1S/C12H11NO6/c14-10(15)7-5-12(6-7,11(16)17)8-1-3-9(4-2-8)13(18)19/h1-4,7H,5-6H2,(H,14,15)(H,16,17)/t7-,12+. The van der Waals surface area contributed by atoms with Gasteiger partial charge in [-0.25, -0.2) is 0 Å². The third-order valence-corrected chi connectivity index (χ3v) is 3.58. The van der Waals surface area contributed by atoms with Crippen molar-refractivity contribution in [3.63, 3.8) is 0 Å². The summed E-state index contributed by atoms with van der Waals surface area (Å²) in [5.41, 5.74) is -0.959. The van der Waals surface area contributed by atoms with Crippen molar-refractivity contribution in [3.8, 4) is 0 Å². The van der Waals surface area contributed by atoms with Gasteiger partial charge in [0.15, 0.2) is 0 Å². The second-order valence-corrected chi connectivity index (χ2v) is 4.63. The third kappa shape index (κ3) is 2.03. The van der Waals surface area contributed by atoms with Crippen LogP contribution in [0.5, 0.6) is 0 Å². The Morgan fingerprint density at radius 1 is 1.21 bits per heavy atom. The minimum Gasteiger partial charge on any atom is -0.481 e. The summed E-state index contributed by atoms with van der Waals surface area (Å²) in [5.74, 6) is -2.79. The molecule has 0 unspecified atom stereocenters. The highest BCUT2D eigenvalue weighted by Gasteiger charge is 2.54. The molecule has 1 aromatic rings. The van der Waals surface area contributed by atoms with Gasteiger partial charge >= 0.3 is 11.9 Å². The summed E-state index contributed by atoms with van der Waals surface area (Å²) in [6.45, 7) is 0. The molecule has 1 aliphatic rings. The molecule has 1 fully saturated rings. The number of rotatable bonds is 4. The van der Waals surface area contributed by atoms with E-state index in [1.54, 1.807) is 0 Å². The van der Waals surface area contributed by atoms with Gasteiger partial charge in [0.1, 0.15) is 0 Å². The highest BCUT2D eigenvalue weighted by atomic mass is 16.6. The molecule has 2 rings (SSSR count). The number of nitro groups is 1. The topological polar surface area (TPSA) is 118 Å². The molecule has 1 aromatic carbocycles. The number of non-ortho nitro benzene ring substituents is 1. The number of hydrogen-bond acceptors (Lipinski definition) is 4. The summed E-state index contributed by atoms with van der Waals surface area (Å²) in [4.78, 5) is 32.1.